The van der Waals surface area contributed by atoms with Crippen LogP contribution in [0.3, 0.4) is 0 Å². The first-order chi connectivity index (χ1) is 9.61. The summed E-state index contributed by atoms with van der Waals surface area (Å²) in [6.07, 6.45) is 4.44. The van der Waals surface area contributed by atoms with Gasteiger partial charge >= 0.3 is 0 Å². The highest BCUT2D eigenvalue weighted by Gasteiger charge is 2.24. The van der Waals surface area contributed by atoms with Crippen LogP contribution in [0.15, 0.2) is 12.1 Å². The van der Waals surface area contributed by atoms with E-state index in [1.165, 1.54) is 12.5 Å². The molecule has 0 amide bonds. The minimum absolute atomic E-state index is 0.0246. The zero-order valence-corrected chi connectivity index (χ0v) is 11.8. The Morgan fingerprint density at radius 1 is 1.35 bits per heavy atom. The number of nitrogens with zero attached hydrogens (tertiary/aromatic N) is 1. The zero-order valence-electron chi connectivity index (χ0n) is 11.8. The van der Waals surface area contributed by atoms with Gasteiger partial charge in [0.1, 0.15) is 5.69 Å². The maximum absolute atomic E-state index is 11.1. The first-order valence-electron chi connectivity index (χ1n) is 6.96. The number of anilines is 1. The number of fused-ring (bicyclic) bond motifs is 1. The summed E-state index contributed by atoms with van der Waals surface area (Å²) >= 11 is 0. The van der Waals surface area contributed by atoms with Crippen LogP contribution in [-0.4, -0.2) is 17.8 Å². The van der Waals surface area contributed by atoms with Crippen molar-refractivity contribution in [2.24, 2.45) is 0 Å². The molecule has 1 atom stereocenters. The Hall–Kier alpha value is -1.98. The summed E-state index contributed by atoms with van der Waals surface area (Å²) in [4.78, 5) is 10.7. The van der Waals surface area contributed by atoms with Crippen molar-refractivity contribution in [3.05, 3.63) is 22.2 Å². The van der Waals surface area contributed by atoms with Crippen molar-refractivity contribution in [2.75, 3.05) is 12.1 Å². The molecular weight excluding hydrogens is 260 g/mol. The smallest absolute Gasteiger partial charge is 0.296 e. The van der Waals surface area contributed by atoms with Crippen molar-refractivity contribution in [2.45, 2.75) is 45.6 Å². The first kappa shape index (κ1) is 14.4. The first-order valence-corrected chi connectivity index (χ1v) is 6.96. The second kappa shape index (κ2) is 6.45. The molecule has 1 aromatic carbocycles. The van der Waals surface area contributed by atoms with Gasteiger partial charge in [0.15, 0.2) is 11.5 Å². The molecule has 1 N–H and O–H groups in total. The number of benzene rings is 1. The van der Waals surface area contributed by atoms with Gasteiger partial charge in [-0.3, -0.25) is 10.1 Å². The number of ether oxygens (including phenoxy) is 2. The summed E-state index contributed by atoms with van der Waals surface area (Å²) in [6, 6.07) is 3.25. The molecule has 2 rings (SSSR count). The summed E-state index contributed by atoms with van der Waals surface area (Å²) in [7, 11) is 0. The van der Waals surface area contributed by atoms with Gasteiger partial charge in [-0.15, -0.1) is 0 Å². The Labute approximate surface area is 118 Å². The maximum Gasteiger partial charge on any atom is 0.296 e. The Kier molecular flexibility index (Phi) is 4.65. The fourth-order valence-corrected chi connectivity index (χ4v) is 2.24. The van der Waals surface area contributed by atoms with E-state index >= 15 is 0 Å². The highest BCUT2D eigenvalue weighted by Crippen LogP contribution is 2.40. The van der Waals surface area contributed by atoms with Crippen LogP contribution >= 0.6 is 0 Å². The molecule has 0 saturated heterocycles. The van der Waals surface area contributed by atoms with E-state index in [0.29, 0.717) is 17.2 Å². The summed E-state index contributed by atoms with van der Waals surface area (Å²) < 4.78 is 10.4. The van der Waals surface area contributed by atoms with Gasteiger partial charge < -0.3 is 14.8 Å². The second-order valence-electron chi connectivity index (χ2n) is 5.02. The zero-order chi connectivity index (χ0) is 14.5. The molecule has 0 fully saturated rings. The van der Waals surface area contributed by atoms with Gasteiger partial charge in [0, 0.05) is 12.1 Å². The number of hydrogen-bond donors (Lipinski definition) is 1. The van der Waals surface area contributed by atoms with Gasteiger partial charge in [0.2, 0.25) is 6.79 Å². The number of nitro benzene ring substituents is 1. The van der Waals surface area contributed by atoms with E-state index in [9.17, 15) is 10.1 Å². The van der Waals surface area contributed by atoms with Crippen molar-refractivity contribution in [1.82, 2.24) is 0 Å². The van der Waals surface area contributed by atoms with Crippen LogP contribution in [0.4, 0.5) is 11.4 Å². The van der Waals surface area contributed by atoms with Crippen molar-refractivity contribution in [1.29, 1.82) is 0 Å². The molecule has 20 heavy (non-hydrogen) atoms. The van der Waals surface area contributed by atoms with Crippen molar-refractivity contribution >= 4 is 11.4 Å². The van der Waals surface area contributed by atoms with E-state index in [0.717, 1.165) is 19.3 Å². The van der Waals surface area contributed by atoms with Crippen molar-refractivity contribution in [3.8, 4) is 11.5 Å². The molecule has 1 aromatic rings. The van der Waals surface area contributed by atoms with Crippen molar-refractivity contribution in [3.63, 3.8) is 0 Å². The lowest BCUT2D eigenvalue weighted by atomic mass is 10.1. The molecule has 0 saturated carbocycles. The summed E-state index contributed by atoms with van der Waals surface area (Å²) in [5.41, 5.74) is 0.514. The quantitative estimate of drug-likeness (QED) is 0.468. The number of unbranched alkanes of at least 4 members (excludes halogenated alkanes) is 2. The fraction of sp³-hybridized carbons (Fsp3) is 0.571. The Morgan fingerprint density at radius 3 is 2.70 bits per heavy atom. The van der Waals surface area contributed by atoms with E-state index in [4.69, 9.17) is 9.47 Å². The lowest BCUT2D eigenvalue weighted by molar-refractivity contribution is -0.384. The molecule has 0 bridgehead atoms. The lowest BCUT2D eigenvalue weighted by Crippen LogP contribution is -2.15. The standard InChI is InChI=1S/C14H20N2O4/c1-3-4-5-6-10(2)15-11-7-13-14(20-9-19-13)8-12(11)16(17)18/h7-8,10,15H,3-6,9H2,1-2H3. The molecule has 0 aromatic heterocycles. The van der Waals surface area contributed by atoms with Crippen LogP contribution < -0.4 is 14.8 Å². The summed E-state index contributed by atoms with van der Waals surface area (Å²) in [5, 5.41) is 14.3. The van der Waals surface area contributed by atoms with Gasteiger partial charge in [0.25, 0.3) is 5.69 Å². The van der Waals surface area contributed by atoms with E-state index in [-0.39, 0.29) is 18.5 Å². The number of nitrogens with one attached hydrogen (secondary N) is 1. The predicted molar refractivity (Wildman–Crippen MR) is 76.4 cm³/mol. The molecule has 0 radical (unpaired) electrons. The van der Waals surface area contributed by atoms with Crippen LogP contribution in [0, 0.1) is 10.1 Å². The van der Waals surface area contributed by atoms with Crippen LogP contribution in [-0.2, 0) is 0 Å². The Bertz CT molecular complexity index is 490. The van der Waals surface area contributed by atoms with E-state index in [2.05, 4.69) is 12.2 Å². The minimum atomic E-state index is -0.400. The average molecular weight is 280 g/mol. The maximum atomic E-state index is 11.1. The molecule has 1 unspecified atom stereocenters. The minimum Gasteiger partial charge on any atom is -0.454 e. The van der Waals surface area contributed by atoms with Crippen LogP contribution in [0.1, 0.15) is 39.5 Å². The molecule has 6 heteroatoms. The summed E-state index contributed by atoms with van der Waals surface area (Å²) in [5.74, 6) is 0.986. The normalized spacial score (nSPS) is 14.1. The third-order valence-electron chi connectivity index (χ3n) is 3.33. The van der Waals surface area contributed by atoms with Crippen LogP contribution in [0.25, 0.3) is 0 Å². The molecule has 110 valence electrons. The van der Waals surface area contributed by atoms with E-state index in [1.54, 1.807) is 6.07 Å². The molecule has 1 aliphatic rings. The second-order valence-corrected chi connectivity index (χ2v) is 5.02. The number of nitro groups is 1. The van der Waals surface area contributed by atoms with Gasteiger partial charge in [-0.05, 0) is 13.3 Å². The topological polar surface area (TPSA) is 73.6 Å². The molecule has 1 aliphatic heterocycles. The molecular formula is C14H20N2O4. The van der Waals surface area contributed by atoms with Crippen LogP contribution in [0.2, 0.25) is 0 Å². The van der Waals surface area contributed by atoms with E-state index < -0.39 is 4.92 Å². The number of rotatable bonds is 7. The highest BCUT2D eigenvalue weighted by molar-refractivity contribution is 5.69. The lowest BCUT2D eigenvalue weighted by Gasteiger charge is -2.15. The third-order valence-corrected chi connectivity index (χ3v) is 3.33. The Balaban J connectivity index is 2.11. The van der Waals surface area contributed by atoms with Crippen molar-refractivity contribution < 1.29 is 14.4 Å². The average Bonchev–Trinajstić information content (AvgIpc) is 2.85. The molecule has 0 spiro atoms. The predicted octanol–water partition coefficient (Wildman–Crippen LogP) is 3.70. The highest BCUT2D eigenvalue weighted by atomic mass is 16.7. The van der Waals surface area contributed by atoms with E-state index in [1.807, 2.05) is 6.92 Å². The Morgan fingerprint density at radius 2 is 2.05 bits per heavy atom. The van der Waals surface area contributed by atoms with Gasteiger partial charge in [-0.1, -0.05) is 26.2 Å². The summed E-state index contributed by atoms with van der Waals surface area (Å²) in [6.45, 7) is 4.30. The largest absolute Gasteiger partial charge is 0.454 e. The van der Waals surface area contributed by atoms with Gasteiger partial charge in [-0.2, -0.15) is 0 Å². The van der Waals surface area contributed by atoms with Gasteiger partial charge in [-0.25, -0.2) is 0 Å². The number of hydrogen-bond acceptors (Lipinski definition) is 5. The van der Waals surface area contributed by atoms with Gasteiger partial charge in [0.05, 0.1) is 11.0 Å². The SMILES string of the molecule is CCCCCC(C)Nc1cc2c(cc1[N+](=O)[O-])OCO2. The van der Waals surface area contributed by atoms with Crippen LogP contribution in [0.5, 0.6) is 11.5 Å². The third kappa shape index (κ3) is 3.31. The molecule has 6 nitrogen and oxygen atoms in total. The monoisotopic (exact) mass is 280 g/mol. The fourth-order valence-electron chi connectivity index (χ4n) is 2.24. The molecule has 1 heterocycles. The molecule has 0 aliphatic carbocycles.